The van der Waals surface area contributed by atoms with Crippen molar-refractivity contribution in [1.29, 1.82) is 0 Å². The first-order valence-corrected chi connectivity index (χ1v) is 10.6. The zero-order valence-electron chi connectivity index (χ0n) is 15.6. The number of nitrogens with zero attached hydrogens (tertiary/aromatic N) is 1. The van der Waals surface area contributed by atoms with Crippen LogP contribution in [-0.4, -0.2) is 51.5 Å². The predicted molar refractivity (Wildman–Crippen MR) is 103 cm³/mol. The third kappa shape index (κ3) is 8.58. The number of carbonyl (C=O) groups is 1. The molecule has 1 aromatic carbocycles. The molecule has 1 aromatic rings. The molecular weight excluding hydrogens is 401 g/mol. The highest BCUT2D eigenvalue weighted by Crippen LogP contribution is 2.29. The van der Waals surface area contributed by atoms with Crippen molar-refractivity contribution < 1.29 is 22.1 Å². The Morgan fingerprint density at radius 1 is 1.23 bits per heavy atom. The molecule has 1 atom stereocenters. The van der Waals surface area contributed by atoms with Gasteiger partial charge in [-0.15, -0.1) is 0 Å². The van der Waals surface area contributed by atoms with Gasteiger partial charge >= 0.3 is 6.09 Å². The highest BCUT2D eigenvalue weighted by molar-refractivity contribution is 7.85. The van der Waals surface area contributed by atoms with Gasteiger partial charge in [-0.2, -0.15) is 8.42 Å². The van der Waals surface area contributed by atoms with Gasteiger partial charge in [-0.1, -0.05) is 29.3 Å². The molecule has 0 bridgehead atoms. The van der Waals surface area contributed by atoms with Crippen LogP contribution in [0.5, 0.6) is 0 Å². The molecule has 1 rings (SSSR count). The van der Waals surface area contributed by atoms with E-state index in [1.807, 2.05) is 0 Å². The van der Waals surface area contributed by atoms with Gasteiger partial charge in [0.25, 0.3) is 10.1 Å². The van der Waals surface area contributed by atoms with Crippen LogP contribution < -0.4 is 0 Å². The van der Waals surface area contributed by atoms with E-state index in [4.69, 9.17) is 32.1 Å². The van der Waals surface area contributed by atoms with E-state index in [0.29, 0.717) is 23.0 Å². The predicted octanol–water partition coefficient (Wildman–Crippen LogP) is 4.31. The number of halogens is 2. The summed E-state index contributed by atoms with van der Waals surface area (Å²) in [6.07, 6.45) is 0.901. The summed E-state index contributed by atoms with van der Waals surface area (Å²) in [4.78, 5) is 13.7. The lowest BCUT2D eigenvalue weighted by Gasteiger charge is -2.28. The van der Waals surface area contributed by atoms with E-state index in [0.717, 1.165) is 11.8 Å². The molecule has 0 radical (unpaired) electrons. The van der Waals surface area contributed by atoms with Gasteiger partial charge < -0.3 is 9.64 Å². The smallest absolute Gasteiger partial charge is 0.410 e. The van der Waals surface area contributed by atoms with Crippen molar-refractivity contribution in [3.8, 4) is 0 Å². The zero-order chi connectivity index (χ0) is 20.1. The lowest BCUT2D eigenvalue weighted by Crippen LogP contribution is -2.36. The summed E-state index contributed by atoms with van der Waals surface area (Å²) in [6, 6.07) is 5.16. The maximum absolute atomic E-state index is 12.2. The van der Waals surface area contributed by atoms with Crippen molar-refractivity contribution in [2.45, 2.75) is 38.7 Å². The second-order valence-electron chi connectivity index (χ2n) is 7.05. The van der Waals surface area contributed by atoms with Crippen LogP contribution in [-0.2, 0) is 19.0 Å². The summed E-state index contributed by atoms with van der Waals surface area (Å²) in [7, 11) is -1.92. The molecule has 0 fully saturated rings. The van der Waals surface area contributed by atoms with Gasteiger partial charge in [0.1, 0.15) is 5.60 Å². The second kappa shape index (κ2) is 9.26. The Hall–Kier alpha value is -1.02. The van der Waals surface area contributed by atoms with Crippen molar-refractivity contribution in [3.05, 3.63) is 33.8 Å². The van der Waals surface area contributed by atoms with Gasteiger partial charge in [0, 0.05) is 19.5 Å². The van der Waals surface area contributed by atoms with E-state index >= 15 is 0 Å². The molecule has 6 nitrogen and oxygen atoms in total. The number of ether oxygens (including phenoxy) is 1. The Morgan fingerprint density at radius 2 is 1.85 bits per heavy atom. The average Bonchev–Trinajstić information content (AvgIpc) is 2.46. The molecule has 0 aliphatic carbocycles. The maximum Gasteiger partial charge on any atom is 0.410 e. The molecule has 26 heavy (non-hydrogen) atoms. The number of hydrogen-bond donors (Lipinski definition) is 0. The number of likely N-dealkylation sites (N-methyl/N-ethyl adjacent to an activating group) is 1. The lowest BCUT2D eigenvalue weighted by atomic mass is 9.95. The van der Waals surface area contributed by atoms with Crippen LogP contribution >= 0.6 is 23.2 Å². The molecule has 0 aliphatic heterocycles. The Balaban J connectivity index is 2.92. The quantitative estimate of drug-likeness (QED) is 0.608. The molecular formula is C17H25Cl2NO5S. The van der Waals surface area contributed by atoms with Crippen LogP contribution in [0.3, 0.4) is 0 Å². The number of amides is 1. The van der Waals surface area contributed by atoms with Crippen LogP contribution in [0.4, 0.5) is 4.79 Å². The molecule has 0 heterocycles. The molecule has 0 aromatic heterocycles. The topological polar surface area (TPSA) is 72.9 Å². The molecule has 9 heteroatoms. The van der Waals surface area contributed by atoms with Crippen LogP contribution in [0.1, 0.15) is 38.7 Å². The fourth-order valence-electron chi connectivity index (χ4n) is 2.22. The second-order valence-corrected chi connectivity index (χ2v) is 9.50. The van der Waals surface area contributed by atoms with Gasteiger partial charge in [0.2, 0.25) is 0 Å². The largest absolute Gasteiger partial charge is 0.444 e. The van der Waals surface area contributed by atoms with E-state index in [1.54, 1.807) is 46.0 Å². The van der Waals surface area contributed by atoms with Crippen LogP contribution in [0, 0.1) is 0 Å². The van der Waals surface area contributed by atoms with E-state index in [1.165, 1.54) is 4.90 Å². The summed E-state index contributed by atoms with van der Waals surface area (Å²) in [6.45, 7) is 5.66. The third-order valence-electron chi connectivity index (χ3n) is 3.38. The maximum atomic E-state index is 12.2. The molecule has 1 unspecified atom stereocenters. The fraction of sp³-hybridized carbons (Fsp3) is 0.588. The van der Waals surface area contributed by atoms with Crippen LogP contribution in [0.25, 0.3) is 0 Å². The van der Waals surface area contributed by atoms with Crippen LogP contribution in [0.15, 0.2) is 18.2 Å². The van der Waals surface area contributed by atoms with Gasteiger partial charge in [-0.3, -0.25) is 4.18 Å². The van der Waals surface area contributed by atoms with Crippen molar-refractivity contribution in [1.82, 2.24) is 4.90 Å². The first-order valence-electron chi connectivity index (χ1n) is 8.02. The molecule has 0 spiro atoms. The normalized spacial score (nSPS) is 13.3. The third-order valence-corrected chi connectivity index (χ3v) is 4.71. The van der Waals surface area contributed by atoms with Crippen molar-refractivity contribution in [3.63, 3.8) is 0 Å². The van der Waals surface area contributed by atoms with E-state index in [-0.39, 0.29) is 12.5 Å². The first kappa shape index (κ1) is 23.0. The zero-order valence-corrected chi connectivity index (χ0v) is 17.9. The van der Waals surface area contributed by atoms with E-state index in [2.05, 4.69) is 0 Å². The van der Waals surface area contributed by atoms with E-state index in [9.17, 15) is 13.2 Å². The monoisotopic (exact) mass is 425 g/mol. The van der Waals surface area contributed by atoms with Gasteiger partial charge in [0.05, 0.1) is 22.9 Å². The number of benzene rings is 1. The minimum absolute atomic E-state index is 0.00803. The van der Waals surface area contributed by atoms with Crippen molar-refractivity contribution in [2.24, 2.45) is 0 Å². The Kier molecular flexibility index (Phi) is 8.20. The SMILES string of the molecule is CN(CC(CCOS(C)(=O)=O)c1ccc(Cl)c(Cl)c1)C(=O)OC(C)(C)C. The standard InChI is InChI=1S/C17H25Cl2NO5S/c1-17(2,3)25-16(21)20(4)11-13(8-9-24-26(5,22)23)12-6-7-14(18)15(19)10-12/h6-7,10,13H,8-9,11H2,1-5H3. The van der Waals surface area contributed by atoms with E-state index < -0.39 is 21.8 Å². The van der Waals surface area contributed by atoms with Gasteiger partial charge in [0.15, 0.2) is 0 Å². The lowest BCUT2D eigenvalue weighted by molar-refractivity contribution is 0.0285. The average molecular weight is 426 g/mol. The minimum Gasteiger partial charge on any atom is -0.444 e. The Labute approximate surface area is 165 Å². The fourth-order valence-corrected chi connectivity index (χ4v) is 2.92. The highest BCUT2D eigenvalue weighted by Gasteiger charge is 2.23. The molecule has 0 saturated carbocycles. The molecule has 0 aliphatic rings. The summed E-state index contributed by atoms with van der Waals surface area (Å²) < 4.78 is 32.6. The number of rotatable bonds is 7. The van der Waals surface area contributed by atoms with Gasteiger partial charge in [-0.25, -0.2) is 4.79 Å². The summed E-state index contributed by atoms with van der Waals surface area (Å²) in [5.74, 6) is -0.205. The number of hydrogen-bond acceptors (Lipinski definition) is 5. The molecule has 0 N–H and O–H groups in total. The van der Waals surface area contributed by atoms with Crippen molar-refractivity contribution in [2.75, 3.05) is 26.5 Å². The summed E-state index contributed by atoms with van der Waals surface area (Å²) in [5.41, 5.74) is 0.219. The molecule has 0 saturated heterocycles. The first-order chi connectivity index (χ1) is 11.8. The molecule has 148 valence electrons. The van der Waals surface area contributed by atoms with Gasteiger partial charge in [-0.05, 0) is 44.9 Å². The summed E-state index contributed by atoms with van der Waals surface area (Å²) in [5, 5.41) is 0.806. The van der Waals surface area contributed by atoms with Crippen LogP contribution in [0.2, 0.25) is 10.0 Å². The Bertz CT molecular complexity index is 731. The highest BCUT2D eigenvalue weighted by atomic mass is 35.5. The molecule has 1 amide bonds. The Morgan fingerprint density at radius 3 is 2.35 bits per heavy atom. The summed E-state index contributed by atoms with van der Waals surface area (Å²) >= 11 is 12.0. The minimum atomic E-state index is -3.54. The number of carbonyl (C=O) groups excluding carboxylic acids is 1. The van der Waals surface area contributed by atoms with Crippen molar-refractivity contribution >= 4 is 39.4 Å².